The van der Waals surface area contributed by atoms with E-state index in [0.29, 0.717) is 0 Å². The van der Waals surface area contributed by atoms with E-state index in [1.54, 1.807) is 0 Å². The Morgan fingerprint density at radius 2 is 1.62 bits per heavy atom. The van der Waals surface area contributed by atoms with Crippen molar-refractivity contribution in [3.63, 3.8) is 0 Å². The summed E-state index contributed by atoms with van der Waals surface area (Å²) in [6.45, 7) is 6.10. The van der Waals surface area contributed by atoms with Crippen molar-refractivity contribution in [2.75, 3.05) is 18.0 Å². The highest BCUT2D eigenvalue weighted by Gasteiger charge is 2.24. The summed E-state index contributed by atoms with van der Waals surface area (Å²) < 4.78 is 5.82. The fraction of sp³-hybridized carbons (Fsp3) is 0.476. The quantitative estimate of drug-likeness (QED) is 0.808. The molecule has 2 aromatic rings. The van der Waals surface area contributed by atoms with Gasteiger partial charge in [-0.25, -0.2) is 4.79 Å². The van der Waals surface area contributed by atoms with Gasteiger partial charge in [-0.15, -0.1) is 0 Å². The van der Waals surface area contributed by atoms with Gasteiger partial charge in [-0.05, 0) is 38.7 Å². The summed E-state index contributed by atoms with van der Waals surface area (Å²) in [5.74, 6) is 0.918. The van der Waals surface area contributed by atoms with Gasteiger partial charge >= 0.3 is 5.63 Å². The first-order valence-corrected chi connectivity index (χ1v) is 9.25. The minimum absolute atomic E-state index is 0.192. The molecule has 0 bridgehead atoms. The summed E-state index contributed by atoms with van der Waals surface area (Å²) in [5.41, 5.74) is 3.87. The Labute approximate surface area is 144 Å². The molecule has 0 amide bonds. The van der Waals surface area contributed by atoms with Crippen LogP contribution in [0.4, 0.5) is 5.69 Å². The molecular weight excluding hydrogens is 298 g/mol. The van der Waals surface area contributed by atoms with Crippen LogP contribution in [0.5, 0.6) is 0 Å². The molecule has 1 aliphatic carbocycles. The van der Waals surface area contributed by atoms with Crippen LogP contribution >= 0.6 is 0 Å². The molecule has 128 valence electrons. The van der Waals surface area contributed by atoms with Crippen molar-refractivity contribution in [2.24, 2.45) is 0 Å². The van der Waals surface area contributed by atoms with Gasteiger partial charge in [0.2, 0.25) is 0 Å². The Hall–Kier alpha value is -2.03. The molecule has 1 aliphatic rings. The SMILES string of the molecule is CCN(CC)c1c2c(oc(=O)c1-c1ccccc1)CCCCCC2. The lowest BCUT2D eigenvalue weighted by atomic mass is 9.93. The normalized spacial score (nSPS) is 14.6. The van der Waals surface area contributed by atoms with Crippen LogP contribution in [-0.4, -0.2) is 13.1 Å². The van der Waals surface area contributed by atoms with E-state index >= 15 is 0 Å². The van der Waals surface area contributed by atoms with Crippen molar-refractivity contribution < 1.29 is 4.42 Å². The van der Waals surface area contributed by atoms with Gasteiger partial charge in [0, 0.05) is 25.1 Å². The van der Waals surface area contributed by atoms with E-state index < -0.39 is 0 Å². The summed E-state index contributed by atoms with van der Waals surface area (Å²) in [4.78, 5) is 15.2. The molecule has 3 rings (SSSR count). The molecule has 3 nitrogen and oxygen atoms in total. The number of hydrogen-bond acceptors (Lipinski definition) is 3. The Morgan fingerprint density at radius 3 is 2.29 bits per heavy atom. The number of anilines is 1. The molecule has 0 radical (unpaired) electrons. The predicted octanol–water partition coefficient (Wildman–Crippen LogP) is 4.81. The Bertz CT molecular complexity index is 729. The highest BCUT2D eigenvalue weighted by molar-refractivity contribution is 5.80. The summed E-state index contributed by atoms with van der Waals surface area (Å²) >= 11 is 0. The minimum atomic E-state index is -0.192. The Morgan fingerprint density at radius 1 is 0.958 bits per heavy atom. The third-order valence-electron chi connectivity index (χ3n) is 5.00. The van der Waals surface area contributed by atoms with Gasteiger partial charge in [-0.2, -0.15) is 0 Å². The van der Waals surface area contributed by atoms with Gasteiger partial charge in [-0.1, -0.05) is 43.2 Å². The van der Waals surface area contributed by atoms with Crippen LogP contribution in [0.15, 0.2) is 39.5 Å². The van der Waals surface area contributed by atoms with Gasteiger partial charge in [0.15, 0.2) is 0 Å². The maximum atomic E-state index is 12.9. The fourth-order valence-electron chi connectivity index (χ4n) is 3.75. The van der Waals surface area contributed by atoms with E-state index in [-0.39, 0.29) is 5.63 Å². The van der Waals surface area contributed by atoms with Crippen LogP contribution in [0.1, 0.15) is 50.9 Å². The standard InChI is InChI=1S/C21H27NO2/c1-3-22(4-2)20-17-14-10-5-6-11-15-18(17)24-21(23)19(20)16-12-8-7-9-13-16/h7-9,12-13H,3-6,10-11,14-15H2,1-2H3. The molecule has 3 heteroatoms. The van der Waals surface area contributed by atoms with E-state index in [1.165, 1.54) is 24.8 Å². The first kappa shape index (κ1) is 16.8. The van der Waals surface area contributed by atoms with Crippen LogP contribution in [0.3, 0.4) is 0 Å². The summed E-state index contributed by atoms with van der Waals surface area (Å²) in [6, 6.07) is 9.97. The lowest BCUT2D eigenvalue weighted by molar-refractivity contribution is 0.433. The van der Waals surface area contributed by atoms with Crippen molar-refractivity contribution in [3.8, 4) is 11.1 Å². The number of rotatable bonds is 4. The molecule has 0 N–H and O–H groups in total. The summed E-state index contributed by atoms with van der Waals surface area (Å²) in [6.07, 6.45) is 6.65. The third kappa shape index (κ3) is 3.26. The molecule has 0 fully saturated rings. The van der Waals surface area contributed by atoms with Crippen LogP contribution in [0.2, 0.25) is 0 Å². The lowest BCUT2D eigenvalue weighted by Gasteiger charge is -2.28. The molecule has 0 aliphatic heterocycles. The van der Waals surface area contributed by atoms with Gasteiger partial charge in [0.25, 0.3) is 0 Å². The van der Waals surface area contributed by atoms with Crippen molar-refractivity contribution in [3.05, 3.63) is 52.1 Å². The van der Waals surface area contributed by atoms with Gasteiger partial charge in [0.1, 0.15) is 5.76 Å². The van der Waals surface area contributed by atoms with Crippen molar-refractivity contribution in [2.45, 2.75) is 52.4 Å². The zero-order chi connectivity index (χ0) is 16.9. The second kappa shape index (κ2) is 7.69. The molecule has 0 saturated carbocycles. The highest BCUT2D eigenvalue weighted by Crippen LogP contribution is 2.35. The Balaban J connectivity index is 2.27. The first-order valence-electron chi connectivity index (χ1n) is 9.25. The van der Waals surface area contributed by atoms with Crippen molar-refractivity contribution >= 4 is 5.69 Å². The van der Waals surface area contributed by atoms with Crippen molar-refractivity contribution in [1.82, 2.24) is 0 Å². The first-order chi connectivity index (χ1) is 11.8. The molecule has 0 saturated heterocycles. The number of nitrogens with zero attached hydrogens (tertiary/aromatic N) is 1. The van der Waals surface area contributed by atoms with Gasteiger partial charge < -0.3 is 9.32 Å². The molecule has 1 aromatic carbocycles. The molecular formula is C21H27NO2. The third-order valence-corrected chi connectivity index (χ3v) is 5.00. The maximum absolute atomic E-state index is 12.9. The number of fused-ring (bicyclic) bond motifs is 1. The maximum Gasteiger partial charge on any atom is 0.345 e. The number of aryl methyl sites for hydroxylation is 1. The second-order valence-electron chi connectivity index (χ2n) is 6.47. The van der Waals surface area contributed by atoms with E-state index in [2.05, 4.69) is 18.7 Å². The Kier molecular flexibility index (Phi) is 5.39. The van der Waals surface area contributed by atoms with Gasteiger partial charge in [-0.3, -0.25) is 0 Å². The largest absolute Gasteiger partial charge is 0.427 e. The fourth-order valence-corrected chi connectivity index (χ4v) is 3.75. The van der Waals surface area contributed by atoms with Crippen molar-refractivity contribution in [1.29, 1.82) is 0 Å². The zero-order valence-electron chi connectivity index (χ0n) is 14.8. The van der Waals surface area contributed by atoms with Crippen LogP contribution in [-0.2, 0) is 12.8 Å². The predicted molar refractivity (Wildman–Crippen MR) is 99.9 cm³/mol. The zero-order valence-corrected chi connectivity index (χ0v) is 14.8. The lowest BCUT2D eigenvalue weighted by Crippen LogP contribution is -2.27. The number of hydrogen-bond donors (Lipinski definition) is 0. The molecule has 24 heavy (non-hydrogen) atoms. The summed E-state index contributed by atoms with van der Waals surface area (Å²) in [5, 5.41) is 0. The van der Waals surface area contributed by atoms with Crippen LogP contribution in [0.25, 0.3) is 11.1 Å². The van der Waals surface area contributed by atoms with E-state index in [9.17, 15) is 4.79 Å². The molecule has 0 unspecified atom stereocenters. The van der Waals surface area contributed by atoms with Crippen LogP contribution < -0.4 is 10.5 Å². The average molecular weight is 325 g/mol. The molecule has 0 atom stereocenters. The highest BCUT2D eigenvalue weighted by atomic mass is 16.4. The average Bonchev–Trinajstić information content (AvgIpc) is 2.58. The van der Waals surface area contributed by atoms with E-state index in [1.807, 2.05) is 30.3 Å². The number of benzene rings is 1. The molecule has 1 heterocycles. The smallest absolute Gasteiger partial charge is 0.345 e. The molecule has 1 aromatic heterocycles. The second-order valence-corrected chi connectivity index (χ2v) is 6.47. The van der Waals surface area contributed by atoms with Crippen LogP contribution in [0, 0.1) is 0 Å². The topological polar surface area (TPSA) is 33.5 Å². The van der Waals surface area contributed by atoms with Gasteiger partial charge in [0.05, 0.1) is 11.3 Å². The molecule has 0 spiro atoms. The van der Waals surface area contributed by atoms with E-state index in [0.717, 1.165) is 54.9 Å². The van der Waals surface area contributed by atoms with E-state index in [4.69, 9.17) is 4.42 Å². The summed E-state index contributed by atoms with van der Waals surface area (Å²) in [7, 11) is 0. The minimum Gasteiger partial charge on any atom is -0.427 e. The monoisotopic (exact) mass is 325 g/mol.